The molecule has 86 valence electrons. The zero-order chi connectivity index (χ0) is 11.5. The van der Waals surface area contributed by atoms with Crippen molar-refractivity contribution in [1.29, 1.82) is 0 Å². The largest absolute Gasteiger partial charge is 0.351 e. The number of carbonyl (C=O) groups is 1. The van der Waals surface area contributed by atoms with E-state index in [0.29, 0.717) is 13.0 Å². The summed E-state index contributed by atoms with van der Waals surface area (Å²) >= 11 is 1.60. The minimum Gasteiger partial charge on any atom is -0.351 e. The van der Waals surface area contributed by atoms with Crippen LogP contribution in [0.4, 0.5) is 0 Å². The molecule has 3 N–H and O–H groups in total. The summed E-state index contributed by atoms with van der Waals surface area (Å²) in [6.07, 6.45) is 6.29. The molecular formula is C11H15N3OS. The minimum atomic E-state index is -0.0657. The summed E-state index contributed by atoms with van der Waals surface area (Å²) in [5, 5.41) is 3.92. The minimum absolute atomic E-state index is 0.0291. The number of hydrogen-bond acceptors (Lipinski definition) is 4. The van der Waals surface area contributed by atoms with Gasteiger partial charge in [-0.25, -0.2) is 4.98 Å². The maximum atomic E-state index is 11.7. The van der Waals surface area contributed by atoms with Crippen LogP contribution in [0.15, 0.2) is 18.3 Å². The van der Waals surface area contributed by atoms with E-state index in [-0.39, 0.29) is 17.9 Å². The number of amides is 1. The van der Waals surface area contributed by atoms with Crippen molar-refractivity contribution >= 4 is 17.2 Å². The van der Waals surface area contributed by atoms with Crippen molar-refractivity contribution in [3.8, 4) is 0 Å². The lowest BCUT2D eigenvalue weighted by Crippen LogP contribution is -2.30. The lowest BCUT2D eigenvalue weighted by atomic mass is 10.1. The van der Waals surface area contributed by atoms with Crippen molar-refractivity contribution in [2.45, 2.75) is 25.9 Å². The van der Waals surface area contributed by atoms with Gasteiger partial charge >= 0.3 is 0 Å². The molecule has 1 aliphatic rings. The number of nitrogens with two attached hydrogens (primary N) is 1. The highest BCUT2D eigenvalue weighted by Crippen LogP contribution is 2.17. The van der Waals surface area contributed by atoms with Gasteiger partial charge < -0.3 is 11.1 Å². The maximum absolute atomic E-state index is 11.7. The van der Waals surface area contributed by atoms with Crippen LogP contribution in [0, 0.1) is 12.8 Å². The molecule has 1 heterocycles. The Balaban J connectivity index is 1.82. The molecule has 0 bridgehead atoms. The van der Waals surface area contributed by atoms with Gasteiger partial charge in [0.15, 0.2) is 0 Å². The first kappa shape index (κ1) is 11.3. The Kier molecular flexibility index (Phi) is 3.36. The summed E-state index contributed by atoms with van der Waals surface area (Å²) in [7, 11) is 0. The van der Waals surface area contributed by atoms with Crippen LogP contribution in [-0.4, -0.2) is 16.9 Å². The fourth-order valence-electron chi connectivity index (χ4n) is 1.71. The van der Waals surface area contributed by atoms with Gasteiger partial charge in [-0.3, -0.25) is 4.79 Å². The molecule has 4 nitrogen and oxygen atoms in total. The van der Waals surface area contributed by atoms with Crippen molar-refractivity contribution in [2.75, 3.05) is 0 Å². The quantitative estimate of drug-likeness (QED) is 0.770. The SMILES string of the molecule is Cc1ncc(CNC(=O)C2C=CC(N)C2)s1. The molecule has 2 unspecified atom stereocenters. The number of aryl methyl sites for hydroxylation is 1. The summed E-state index contributed by atoms with van der Waals surface area (Å²) in [6.45, 7) is 2.51. The number of nitrogens with one attached hydrogen (secondary N) is 1. The van der Waals surface area contributed by atoms with Gasteiger partial charge in [0.25, 0.3) is 0 Å². The van der Waals surface area contributed by atoms with Crippen molar-refractivity contribution < 1.29 is 4.79 Å². The smallest absolute Gasteiger partial charge is 0.227 e. The lowest BCUT2D eigenvalue weighted by molar-refractivity contribution is -0.123. The summed E-state index contributed by atoms with van der Waals surface area (Å²) in [5.41, 5.74) is 5.70. The van der Waals surface area contributed by atoms with Crippen LogP contribution in [0.5, 0.6) is 0 Å². The second-order valence-corrected chi connectivity index (χ2v) is 5.27. The van der Waals surface area contributed by atoms with Gasteiger partial charge in [0.2, 0.25) is 5.91 Å². The molecule has 1 aromatic rings. The van der Waals surface area contributed by atoms with Crippen LogP contribution in [0.25, 0.3) is 0 Å². The first-order chi connectivity index (χ1) is 7.65. The van der Waals surface area contributed by atoms with Crippen LogP contribution < -0.4 is 11.1 Å². The van der Waals surface area contributed by atoms with E-state index in [1.165, 1.54) is 0 Å². The molecule has 2 rings (SSSR count). The third-order valence-electron chi connectivity index (χ3n) is 2.56. The Morgan fingerprint density at radius 2 is 2.50 bits per heavy atom. The fraction of sp³-hybridized carbons (Fsp3) is 0.455. The molecule has 2 atom stereocenters. The van der Waals surface area contributed by atoms with Gasteiger partial charge in [0.05, 0.1) is 17.5 Å². The summed E-state index contributed by atoms with van der Waals surface area (Å²) in [6, 6.07) is 0.0291. The molecule has 16 heavy (non-hydrogen) atoms. The Bertz CT molecular complexity index is 413. The van der Waals surface area contributed by atoms with E-state index in [2.05, 4.69) is 10.3 Å². The molecule has 0 aliphatic heterocycles. The highest BCUT2D eigenvalue weighted by Gasteiger charge is 2.22. The summed E-state index contributed by atoms with van der Waals surface area (Å²) < 4.78 is 0. The van der Waals surface area contributed by atoms with E-state index in [1.807, 2.05) is 19.1 Å². The lowest BCUT2D eigenvalue weighted by Gasteiger charge is -2.09. The normalized spacial score (nSPS) is 23.6. The standard InChI is InChI=1S/C11H15N3OS/c1-7-13-5-10(16-7)6-14-11(15)8-2-3-9(12)4-8/h2-3,5,8-9H,4,6,12H2,1H3,(H,14,15). The molecule has 0 aromatic carbocycles. The van der Waals surface area contributed by atoms with E-state index >= 15 is 0 Å². The van der Waals surface area contributed by atoms with E-state index in [4.69, 9.17) is 5.73 Å². The molecule has 0 radical (unpaired) electrons. The predicted octanol–water partition coefficient (Wildman–Crippen LogP) is 0.971. The molecular weight excluding hydrogens is 222 g/mol. The van der Waals surface area contributed by atoms with Gasteiger partial charge in [0, 0.05) is 17.1 Å². The Morgan fingerprint density at radius 1 is 1.69 bits per heavy atom. The van der Waals surface area contributed by atoms with Crippen LogP contribution in [0.2, 0.25) is 0 Å². The number of hydrogen-bond donors (Lipinski definition) is 2. The van der Waals surface area contributed by atoms with Gasteiger partial charge in [-0.2, -0.15) is 0 Å². The zero-order valence-corrected chi connectivity index (χ0v) is 9.96. The van der Waals surface area contributed by atoms with E-state index in [1.54, 1.807) is 17.5 Å². The number of thiazole rings is 1. The van der Waals surface area contributed by atoms with Gasteiger partial charge in [-0.05, 0) is 13.3 Å². The monoisotopic (exact) mass is 237 g/mol. The second kappa shape index (κ2) is 4.76. The van der Waals surface area contributed by atoms with Crippen LogP contribution in [0.3, 0.4) is 0 Å². The van der Waals surface area contributed by atoms with Gasteiger partial charge in [-0.15, -0.1) is 11.3 Å². The third kappa shape index (κ3) is 2.68. The second-order valence-electron chi connectivity index (χ2n) is 3.95. The molecule has 5 heteroatoms. The van der Waals surface area contributed by atoms with Crippen molar-refractivity contribution in [2.24, 2.45) is 11.7 Å². The van der Waals surface area contributed by atoms with Crippen molar-refractivity contribution in [1.82, 2.24) is 10.3 Å². The van der Waals surface area contributed by atoms with E-state index in [9.17, 15) is 4.79 Å². The molecule has 0 fully saturated rings. The Morgan fingerprint density at radius 3 is 3.06 bits per heavy atom. The van der Waals surface area contributed by atoms with Crippen LogP contribution in [0.1, 0.15) is 16.3 Å². The zero-order valence-electron chi connectivity index (χ0n) is 9.14. The van der Waals surface area contributed by atoms with E-state index in [0.717, 1.165) is 9.88 Å². The topological polar surface area (TPSA) is 68.0 Å². The summed E-state index contributed by atoms with van der Waals surface area (Å²) in [5.74, 6) is -0.0146. The number of rotatable bonds is 3. The first-order valence-electron chi connectivity index (χ1n) is 5.28. The predicted molar refractivity (Wildman–Crippen MR) is 63.9 cm³/mol. The third-order valence-corrected chi connectivity index (χ3v) is 3.47. The Labute approximate surface area is 98.6 Å². The first-order valence-corrected chi connectivity index (χ1v) is 6.09. The van der Waals surface area contributed by atoms with Gasteiger partial charge in [-0.1, -0.05) is 12.2 Å². The molecule has 1 aliphatic carbocycles. The van der Waals surface area contributed by atoms with Crippen molar-refractivity contribution in [3.05, 3.63) is 28.2 Å². The molecule has 1 amide bonds. The molecule has 0 saturated carbocycles. The Hall–Kier alpha value is -1.20. The van der Waals surface area contributed by atoms with Crippen molar-refractivity contribution in [3.63, 3.8) is 0 Å². The van der Waals surface area contributed by atoms with Crippen LogP contribution >= 0.6 is 11.3 Å². The average Bonchev–Trinajstić information content (AvgIpc) is 2.84. The van der Waals surface area contributed by atoms with E-state index < -0.39 is 0 Å². The number of nitrogens with zero attached hydrogens (tertiary/aromatic N) is 1. The average molecular weight is 237 g/mol. The number of aromatic nitrogens is 1. The van der Waals surface area contributed by atoms with Gasteiger partial charge in [0.1, 0.15) is 0 Å². The molecule has 1 aromatic heterocycles. The number of carbonyl (C=O) groups excluding carboxylic acids is 1. The maximum Gasteiger partial charge on any atom is 0.227 e. The highest BCUT2D eigenvalue weighted by atomic mass is 32.1. The fourth-order valence-corrected chi connectivity index (χ4v) is 2.45. The summed E-state index contributed by atoms with van der Waals surface area (Å²) in [4.78, 5) is 17.0. The molecule has 0 spiro atoms. The van der Waals surface area contributed by atoms with Crippen LogP contribution in [-0.2, 0) is 11.3 Å². The molecule has 0 saturated heterocycles. The highest BCUT2D eigenvalue weighted by molar-refractivity contribution is 7.11.